The maximum absolute atomic E-state index is 11.4. The standard InChI is InChI=1S/C10H19NO4/c1-9(2,3)15-8(12)11-7-5-14-6-10(7,4)13/h7,13H,5-6H2,1-4H3,(H,11,12)/t7-,10-/m0/s1. The van der Waals surface area contributed by atoms with Crippen LogP contribution in [0.4, 0.5) is 4.79 Å². The lowest BCUT2D eigenvalue weighted by Crippen LogP contribution is -2.51. The zero-order valence-electron chi connectivity index (χ0n) is 9.66. The number of amides is 1. The first-order chi connectivity index (χ1) is 6.71. The molecule has 1 aliphatic rings. The molecule has 2 N–H and O–H groups in total. The zero-order valence-corrected chi connectivity index (χ0v) is 9.66. The van der Waals surface area contributed by atoms with E-state index in [-0.39, 0.29) is 6.61 Å². The summed E-state index contributed by atoms with van der Waals surface area (Å²) in [6, 6.07) is -0.410. The first kappa shape index (κ1) is 12.3. The predicted molar refractivity (Wildman–Crippen MR) is 54.6 cm³/mol. The van der Waals surface area contributed by atoms with Gasteiger partial charge in [0, 0.05) is 0 Å². The molecule has 0 saturated carbocycles. The molecule has 5 nitrogen and oxygen atoms in total. The van der Waals surface area contributed by atoms with Crippen LogP contribution in [0, 0.1) is 0 Å². The molecule has 0 aromatic heterocycles. The SMILES string of the molecule is CC(C)(C)OC(=O)N[C@H]1COC[C@]1(C)O. The highest BCUT2D eigenvalue weighted by Gasteiger charge is 2.39. The van der Waals surface area contributed by atoms with E-state index in [4.69, 9.17) is 9.47 Å². The Kier molecular flexibility index (Phi) is 3.25. The topological polar surface area (TPSA) is 67.8 Å². The van der Waals surface area contributed by atoms with Crippen molar-refractivity contribution in [1.29, 1.82) is 0 Å². The molecule has 5 heteroatoms. The van der Waals surface area contributed by atoms with Gasteiger partial charge in [0.25, 0.3) is 0 Å². The van der Waals surface area contributed by atoms with Crippen LogP contribution in [-0.2, 0) is 9.47 Å². The number of aliphatic hydroxyl groups is 1. The molecule has 0 aromatic rings. The van der Waals surface area contributed by atoms with Gasteiger partial charge in [0.2, 0.25) is 0 Å². The van der Waals surface area contributed by atoms with Crippen molar-refractivity contribution in [2.75, 3.05) is 13.2 Å². The van der Waals surface area contributed by atoms with Crippen molar-refractivity contribution >= 4 is 6.09 Å². The van der Waals surface area contributed by atoms with Crippen molar-refractivity contribution < 1.29 is 19.4 Å². The average molecular weight is 217 g/mol. The maximum Gasteiger partial charge on any atom is 0.408 e. The highest BCUT2D eigenvalue weighted by Crippen LogP contribution is 2.18. The molecule has 88 valence electrons. The molecular formula is C10H19NO4. The molecule has 0 spiro atoms. The Morgan fingerprint density at radius 1 is 1.60 bits per heavy atom. The fourth-order valence-corrected chi connectivity index (χ4v) is 1.31. The van der Waals surface area contributed by atoms with E-state index in [1.54, 1.807) is 27.7 Å². The molecule has 0 bridgehead atoms. The number of ether oxygens (including phenoxy) is 2. The summed E-state index contributed by atoms with van der Waals surface area (Å²) in [5.74, 6) is 0. The first-order valence-electron chi connectivity index (χ1n) is 5.00. The number of hydrogen-bond donors (Lipinski definition) is 2. The monoisotopic (exact) mass is 217 g/mol. The van der Waals surface area contributed by atoms with Crippen LogP contribution in [0.25, 0.3) is 0 Å². The van der Waals surface area contributed by atoms with Gasteiger partial charge in [-0.15, -0.1) is 0 Å². The average Bonchev–Trinajstić information content (AvgIpc) is 2.26. The molecule has 1 saturated heterocycles. The molecule has 0 aliphatic carbocycles. The molecule has 0 aromatic carbocycles. The van der Waals surface area contributed by atoms with Crippen molar-refractivity contribution in [2.24, 2.45) is 0 Å². The number of alkyl carbamates (subject to hydrolysis) is 1. The van der Waals surface area contributed by atoms with Crippen molar-refractivity contribution in [3.8, 4) is 0 Å². The third-order valence-electron chi connectivity index (χ3n) is 2.12. The van der Waals surface area contributed by atoms with Crippen LogP contribution >= 0.6 is 0 Å². The molecule has 1 fully saturated rings. The van der Waals surface area contributed by atoms with E-state index in [0.29, 0.717) is 6.61 Å². The second-order valence-corrected chi connectivity index (χ2v) is 5.07. The number of rotatable bonds is 1. The van der Waals surface area contributed by atoms with E-state index in [1.165, 1.54) is 0 Å². The van der Waals surface area contributed by atoms with Gasteiger partial charge in [-0.05, 0) is 27.7 Å². The third-order valence-corrected chi connectivity index (χ3v) is 2.12. The fraction of sp³-hybridized carbons (Fsp3) is 0.900. The number of nitrogens with one attached hydrogen (secondary N) is 1. The Morgan fingerprint density at radius 3 is 2.60 bits per heavy atom. The lowest BCUT2D eigenvalue weighted by Gasteiger charge is -2.26. The summed E-state index contributed by atoms with van der Waals surface area (Å²) in [6.45, 7) is 7.53. The summed E-state index contributed by atoms with van der Waals surface area (Å²) in [7, 11) is 0. The van der Waals surface area contributed by atoms with Crippen LogP contribution in [0.15, 0.2) is 0 Å². The Bertz CT molecular complexity index is 244. The van der Waals surface area contributed by atoms with E-state index in [0.717, 1.165) is 0 Å². The summed E-state index contributed by atoms with van der Waals surface area (Å²) in [6.07, 6.45) is -0.529. The molecule has 1 rings (SSSR count). The molecule has 0 unspecified atom stereocenters. The van der Waals surface area contributed by atoms with Crippen molar-refractivity contribution in [1.82, 2.24) is 5.32 Å². The smallest absolute Gasteiger partial charge is 0.408 e. The Morgan fingerprint density at radius 2 is 2.20 bits per heavy atom. The molecule has 1 amide bonds. The van der Waals surface area contributed by atoms with Crippen LogP contribution in [0.5, 0.6) is 0 Å². The van der Waals surface area contributed by atoms with E-state index < -0.39 is 23.3 Å². The van der Waals surface area contributed by atoms with Gasteiger partial charge in [-0.25, -0.2) is 4.79 Å². The van der Waals surface area contributed by atoms with E-state index >= 15 is 0 Å². The molecule has 1 heterocycles. The zero-order chi connectivity index (χ0) is 11.7. The minimum atomic E-state index is -1.02. The van der Waals surface area contributed by atoms with E-state index in [2.05, 4.69) is 5.32 Å². The second-order valence-electron chi connectivity index (χ2n) is 5.07. The van der Waals surface area contributed by atoms with Gasteiger partial charge in [0.15, 0.2) is 0 Å². The van der Waals surface area contributed by atoms with Crippen LogP contribution in [0.3, 0.4) is 0 Å². The quantitative estimate of drug-likeness (QED) is 0.677. The van der Waals surface area contributed by atoms with E-state index in [1.807, 2.05) is 0 Å². The largest absolute Gasteiger partial charge is 0.444 e. The van der Waals surface area contributed by atoms with Crippen LogP contribution in [0.2, 0.25) is 0 Å². The van der Waals surface area contributed by atoms with Gasteiger partial charge >= 0.3 is 6.09 Å². The van der Waals surface area contributed by atoms with Gasteiger partial charge in [0.1, 0.15) is 11.2 Å². The summed E-state index contributed by atoms with van der Waals surface area (Å²) in [4.78, 5) is 11.4. The minimum Gasteiger partial charge on any atom is -0.444 e. The van der Waals surface area contributed by atoms with Gasteiger partial charge in [-0.3, -0.25) is 0 Å². The van der Waals surface area contributed by atoms with Crippen LogP contribution in [-0.4, -0.2) is 41.7 Å². The first-order valence-corrected chi connectivity index (χ1v) is 5.00. The highest BCUT2D eigenvalue weighted by molar-refractivity contribution is 5.68. The van der Waals surface area contributed by atoms with Gasteiger partial charge in [-0.2, -0.15) is 0 Å². The van der Waals surface area contributed by atoms with Crippen molar-refractivity contribution in [2.45, 2.75) is 44.9 Å². The van der Waals surface area contributed by atoms with Gasteiger partial charge in [0.05, 0.1) is 19.3 Å². The fourth-order valence-electron chi connectivity index (χ4n) is 1.31. The van der Waals surface area contributed by atoms with E-state index in [9.17, 15) is 9.90 Å². The third kappa shape index (κ3) is 3.68. The normalized spacial score (nSPS) is 31.4. The number of carbonyl (C=O) groups is 1. The molecule has 0 radical (unpaired) electrons. The Labute approximate surface area is 89.8 Å². The summed E-state index contributed by atoms with van der Waals surface area (Å²) < 4.78 is 10.2. The van der Waals surface area contributed by atoms with Crippen LogP contribution in [0.1, 0.15) is 27.7 Å². The summed E-state index contributed by atoms with van der Waals surface area (Å²) >= 11 is 0. The highest BCUT2D eigenvalue weighted by atomic mass is 16.6. The van der Waals surface area contributed by atoms with Gasteiger partial charge < -0.3 is 19.9 Å². The summed E-state index contributed by atoms with van der Waals surface area (Å²) in [5.41, 5.74) is -1.55. The number of carbonyl (C=O) groups excluding carboxylic acids is 1. The second kappa shape index (κ2) is 3.98. The Balaban J connectivity index is 2.45. The molecular weight excluding hydrogens is 198 g/mol. The van der Waals surface area contributed by atoms with Gasteiger partial charge in [-0.1, -0.05) is 0 Å². The maximum atomic E-state index is 11.4. The van der Waals surface area contributed by atoms with Crippen molar-refractivity contribution in [3.05, 3.63) is 0 Å². The minimum absolute atomic E-state index is 0.230. The Hall–Kier alpha value is -0.810. The number of hydrogen-bond acceptors (Lipinski definition) is 4. The molecule has 1 aliphatic heterocycles. The summed E-state index contributed by atoms with van der Waals surface area (Å²) in [5, 5.41) is 12.4. The molecule has 15 heavy (non-hydrogen) atoms. The van der Waals surface area contributed by atoms with Crippen molar-refractivity contribution in [3.63, 3.8) is 0 Å². The lowest BCUT2D eigenvalue weighted by molar-refractivity contribution is 0.0183. The lowest BCUT2D eigenvalue weighted by atomic mass is 10.0. The molecule has 2 atom stereocenters. The predicted octanol–water partition coefficient (Wildman–Crippen LogP) is 0.661. The van der Waals surface area contributed by atoms with Crippen LogP contribution < -0.4 is 5.32 Å².